The lowest BCUT2D eigenvalue weighted by atomic mass is 10.1. The Morgan fingerprint density at radius 1 is 1.53 bits per heavy atom. The van der Waals surface area contributed by atoms with Crippen LogP contribution in [0.1, 0.15) is 11.1 Å². The molecule has 0 bridgehead atoms. The van der Waals surface area contributed by atoms with E-state index in [-0.39, 0.29) is 0 Å². The first-order valence-corrected chi connectivity index (χ1v) is 7.10. The van der Waals surface area contributed by atoms with E-state index < -0.39 is 11.8 Å². The van der Waals surface area contributed by atoms with Gasteiger partial charge in [0.25, 0.3) is 0 Å². The second-order valence-corrected chi connectivity index (χ2v) is 5.56. The molecule has 0 saturated heterocycles. The second-order valence-electron chi connectivity index (χ2n) is 3.51. The standard InChI is InChI=1S/C12H9FN2O2S2/c13-10-3-1-9(6-18-12-15-14-7-19-12)8(5-10)2-4-11(16)17/h1-5,7H,6H2,(H,16,17). The van der Waals surface area contributed by atoms with Crippen molar-refractivity contribution in [2.45, 2.75) is 10.1 Å². The molecule has 19 heavy (non-hydrogen) atoms. The number of hydrogen-bond acceptors (Lipinski definition) is 5. The molecule has 1 aromatic carbocycles. The molecular formula is C12H9FN2O2S2. The van der Waals surface area contributed by atoms with Crippen molar-refractivity contribution < 1.29 is 14.3 Å². The number of rotatable bonds is 5. The Morgan fingerprint density at radius 3 is 3.05 bits per heavy atom. The number of aromatic nitrogens is 2. The highest BCUT2D eigenvalue weighted by molar-refractivity contribution is 8.00. The molecule has 2 rings (SSSR count). The number of carboxylic acids is 1. The Bertz CT molecular complexity index is 600. The highest BCUT2D eigenvalue weighted by atomic mass is 32.2. The number of carboxylic acid groups (broad SMARTS) is 1. The van der Waals surface area contributed by atoms with E-state index in [2.05, 4.69) is 10.2 Å². The summed E-state index contributed by atoms with van der Waals surface area (Å²) in [4.78, 5) is 10.5. The summed E-state index contributed by atoms with van der Waals surface area (Å²) in [7, 11) is 0. The number of hydrogen-bond donors (Lipinski definition) is 1. The zero-order valence-corrected chi connectivity index (χ0v) is 11.2. The van der Waals surface area contributed by atoms with Gasteiger partial charge in [0, 0.05) is 11.8 Å². The highest BCUT2D eigenvalue weighted by Crippen LogP contribution is 2.26. The Balaban J connectivity index is 2.16. The lowest BCUT2D eigenvalue weighted by Gasteiger charge is -2.04. The van der Waals surface area contributed by atoms with E-state index in [0.29, 0.717) is 11.3 Å². The van der Waals surface area contributed by atoms with Gasteiger partial charge in [0.15, 0.2) is 4.34 Å². The van der Waals surface area contributed by atoms with Crippen LogP contribution in [0.15, 0.2) is 34.1 Å². The van der Waals surface area contributed by atoms with Crippen molar-refractivity contribution in [3.63, 3.8) is 0 Å². The third-order valence-electron chi connectivity index (χ3n) is 2.20. The van der Waals surface area contributed by atoms with Crippen LogP contribution in [-0.4, -0.2) is 21.3 Å². The number of carbonyl (C=O) groups is 1. The van der Waals surface area contributed by atoms with Crippen LogP contribution in [0.2, 0.25) is 0 Å². The van der Waals surface area contributed by atoms with Gasteiger partial charge in [0.05, 0.1) is 0 Å². The first kappa shape index (κ1) is 13.7. The topological polar surface area (TPSA) is 63.1 Å². The molecule has 1 N–H and O–H groups in total. The van der Waals surface area contributed by atoms with E-state index in [1.165, 1.54) is 41.3 Å². The van der Waals surface area contributed by atoms with E-state index >= 15 is 0 Å². The van der Waals surface area contributed by atoms with E-state index in [9.17, 15) is 9.18 Å². The molecule has 0 radical (unpaired) electrons. The van der Waals surface area contributed by atoms with E-state index in [0.717, 1.165) is 16.0 Å². The summed E-state index contributed by atoms with van der Waals surface area (Å²) >= 11 is 2.90. The smallest absolute Gasteiger partial charge is 0.328 e. The van der Waals surface area contributed by atoms with Crippen molar-refractivity contribution in [1.82, 2.24) is 10.2 Å². The largest absolute Gasteiger partial charge is 0.478 e. The predicted octanol–water partition coefficient (Wildman–Crippen LogP) is 3.07. The van der Waals surface area contributed by atoms with Crippen LogP contribution in [0.3, 0.4) is 0 Å². The van der Waals surface area contributed by atoms with Gasteiger partial charge in [0.1, 0.15) is 11.3 Å². The fourth-order valence-corrected chi connectivity index (χ4v) is 2.88. The van der Waals surface area contributed by atoms with Crippen molar-refractivity contribution in [3.8, 4) is 0 Å². The summed E-state index contributed by atoms with van der Waals surface area (Å²) in [5.74, 6) is -0.879. The van der Waals surface area contributed by atoms with Crippen LogP contribution in [0.4, 0.5) is 4.39 Å². The fraction of sp³-hybridized carbons (Fsp3) is 0.0833. The molecule has 0 saturated carbocycles. The molecule has 0 amide bonds. The van der Waals surface area contributed by atoms with Crippen molar-refractivity contribution in [2.75, 3.05) is 0 Å². The molecule has 0 fully saturated rings. The van der Waals surface area contributed by atoms with Crippen molar-refractivity contribution in [1.29, 1.82) is 0 Å². The van der Waals surface area contributed by atoms with Gasteiger partial charge in [-0.25, -0.2) is 9.18 Å². The minimum absolute atomic E-state index is 0.394. The second kappa shape index (κ2) is 6.44. The maximum Gasteiger partial charge on any atom is 0.328 e. The summed E-state index contributed by atoms with van der Waals surface area (Å²) in [6.45, 7) is 0. The summed E-state index contributed by atoms with van der Waals surface area (Å²) in [6, 6.07) is 4.31. The molecule has 0 atom stereocenters. The summed E-state index contributed by atoms with van der Waals surface area (Å²) in [5, 5.41) is 16.2. The average molecular weight is 296 g/mol. The van der Waals surface area contributed by atoms with Gasteiger partial charge in [-0.1, -0.05) is 29.2 Å². The van der Waals surface area contributed by atoms with Gasteiger partial charge in [-0.05, 0) is 29.3 Å². The van der Waals surface area contributed by atoms with Crippen LogP contribution in [0.25, 0.3) is 6.08 Å². The quantitative estimate of drug-likeness (QED) is 0.678. The number of benzene rings is 1. The normalized spacial score (nSPS) is 11.0. The fourth-order valence-electron chi connectivity index (χ4n) is 1.38. The van der Waals surface area contributed by atoms with Gasteiger partial charge in [-0.2, -0.15) is 0 Å². The minimum atomic E-state index is -1.06. The van der Waals surface area contributed by atoms with Gasteiger partial charge in [-0.15, -0.1) is 10.2 Å². The number of nitrogens with zero attached hydrogens (tertiary/aromatic N) is 2. The molecule has 0 spiro atoms. The molecule has 1 aromatic heterocycles. The molecule has 0 unspecified atom stereocenters. The monoisotopic (exact) mass is 296 g/mol. The van der Waals surface area contributed by atoms with Gasteiger partial charge in [-0.3, -0.25) is 0 Å². The van der Waals surface area contributed by atoms with Crippen molar-refractivity contribution in [3.05, 3.63) is 46.7 Å². The van der Waals surface area contributed by atoms with E-state index in [1.54, 1.807) is 11.6 Å². The lowest BCUT2D eigenvalue weighted by Crippen LogP contribution is -1.91. The molecule has 98 valence electrons. The number of thioether (sulfide) groups is 1. The summed E-state index contributed by atoms with van der Waals surface area (Å²) in [5.41, 5.74) is 3.04. The van der Waals surface area contributed by atoms with Gasteiger partial charge in [0.2, 0.25) is 0 Å². The first-order chi connectivity index (χ1) is 9.15. The predicted molar refractivity (Wildman–Crippen MR) is 72.5 cm³/mol. The molecule has 2 aromatic rings. The van der Waals surface area contributed by atoms with Crippen LogP contribution in [0.5, 0.6) is 0 Å². The molecule has 1 heterocycles. The number of halogens is 1. The third kappa shape index (κ3) is 4.15. The van der Waals surface area contributed by atoms with Crippen LogP contribution in [0, 0.1) is 5.82 Å². The van der Waals surface area contributed by atoms with E-state index in [1.807, 2.05) is 0 Å². The summed E-state index contributed by atoms with van der Waals surface area (Å²) < 4.78 is 14.0. The SMILES string of the molecule is O=C(O)C=Cc1cc(F)ccc1CSc1nncs1. The van der Waals surface area contributed by atoms with Gasteiger partial charge >= 0.3 is 5.97 Å². The Labute approximate surface area is 117 Å². The van der Waals surface area contributed by atoms with Crippen molar-refractivity contribution in [2.24, 2.45) is 0 Å². The maximum atomic E-state index is 13.2. The zero-order valence-electron chi connectivity index (χ0n) is 9.62. The molecule has 7 heteroatoms. The maximum absolute atomic E-state index is 13.2. The van der Waals surface area contributed by atoms with Crippen molar-refractivity contribution >= 4 is 35.1 Å². The molecule has 4 nitrogen and oxygen atoms in total. The number of aliphatic carboxylic acids is 1. The molecule has 0 aliphatic carbocycles. The lowest BCUT2D eigenvalue weighted by molar-refractivity contribution is -0.131. The first-order valence-electron chi connectivity index (χ1n) is 5.23. The average Bonchev–Trinajstić information content (AvgIpc) is 2.88. The minimum Gasteiger partial charge on any atom is -0.478 e. The molecule has 0 aliphatic heterocycles. The van der Waals surface area contributed by atoms with Crippen LogP contribution < -0.4 is 0 Å². The summed E-state index contributed by atoms with van der Waals surface area (Å²) in [6.07, 6.45) is 2.38. The Hall–Kier alpha value is -1.73. The van der Waals surface area contributed by atoms with E-state index in [4.69, 9.17) is 5.11 Å². The van der Waals surface area contributed by atoms with Gasteiger partial charge < -0.3 is 5.11 Å². The highest BCUT2D eigenvalue weighted by Gasteiger charge is 2.05. The third-order valence-corrected chi connectivity index (χ3v) is 4.11. The van der Waals surface area contributed by atoms with Crippen LogP contribution in [-0.2, 0) is 10.5 Å². The molecular weight excluding hydrogens is 287 g/mol. The molecule has 0 aliphatic rings. The Morgan fingerprint density at radius 2 is 2.37 bits per heavy atom. The Kier molecular flexibility index (Phi) is 4.64. The van der Waals surface area contributed by atoms with Crippen LogP contribution >= 0.6 is 23.1 Å². The zero-order chi connectivity index (χ0) is 13.7.